The molecule has 1 saturated heterocycles. The van der Waals surface area contributed by atoms with Gasteiger partial charge in [0.2, 0.25) is 12.8 Å². The van der Waals surface area contributed by atoms with E-state index in [0.29, 0.717) is 26.0 Å². The van der Waals surface area contributed by atoms with Crippen LogP contribution < -0.4 is 5.32 Å². The van der Waals surface area contributed by atoms with Crippen LogP contribution in [0.4, 0.5) is 5.69 Å². The van der Waals surface area contributed by atoms with Crippen LogP contribution in [-0.4, -0.2) is 79.4 Å². The van der Waals surface area contributed by atoms with Gasteiger partial charge in [-0.15, -0.1) is 0 Å². The normalized spacial score (nSPS) is 17.5. The molecule has 0 aliphatic carbocycles. The standard InChI is InChI=1S/C41H51N5O5/c1-4-36-39(43(2)30-47)38(32-19-21-35(22-20-32)46(49)50)40(37(42-36)18-11-12-29-51-3)45(31-48)26-13-25-44-27-23-41(24-28-44,33-14-7-5-8-15-33)34-16-9-6-10-17-34/h5-10,14-17,19-22,30-31,38,42H,4,11-13,18,23-29H2,1-3H3. The van der Waals surface area contributed by atoms with Crippen LogP contribution in [0.1, 0.15) is 74.5 Å². The first-order chi connectivity index (χ1) is 24.9. The van der Waals surface area contributed by atoms with Crippen molar-refractivity contribution in [1.82, 2.24) is 20.0 Å². The summed E-state index contributed by atoms with van der Waals surface area (Å²) < 4.78 is 5.31. The van der Waals surface area contributed by atoms with Gasteiger partial charge in [0.15, 0.2) is 0 Å². The van der Waals surface area contributed by atoms with Gasteiger partial charge in [-0.3, -0.25) is 19.7 Å². The number of likely N-dealkylation sites (N-methyl/N-ethyl adjacent to an activating group) is 1. The van der Waals surface area contributed by atoms with Crippen LogP contribution in [0.3, 0.4) is 0 Å². The fraction of sp³-hybridized carbons (Fsp3) is 0.415. The molecule has 5 rings (SSSR count). The Hall–Kier alpha value is -4.80. The fourth-order valence-electron chi connectivity index (χ4n) is 7.82. The second-order valence-electron chi connectivity index (χ2n) is 13.5. The highest BCUT2D eigenvalue weighted by Crippen LogP contribution is 2.43. The van der Waals surface area contributed by atoms with Gasteiger partial charge < -0.3 is 24.8 Å². The molecular weight excluding hydrogens is 642 g/mol. The molecule has 2 heterocycles. The molecule has 0 radical (unpaired) electrons. The lowest BCUT2D eigenvalue weighted by Crippen LogP contribution is -2.44. The van der Waals surface area contributed by atoms with Gasteiger partial charge in [-0.25, -0.2) is 0 Å². The predicted octanol–water partition coefficient (Wildman–Crippen LogP) is 6.95. The van der Waals surface area contributed by atoms with Gasteiger partial charge >= 0.3 is 0 Å². The predicted molar refractivity (Wildman–Crippen MR) is 200 cm³/mol. The fourth-order valence-corrected chi connectivity index (χ4v) is 7.82. The first kappa shape index (κ1) is 37.5. The van der Waals surface area contributed by atoms with Crippen LogP contribution in [0.25, 0.3) is 0 Å². The summed E-state index contributed by atoms with van der Waals surface area (Å²) in [6.07, 6.45) is 7.46. The molecule has 10 heteroatoms. The summed E-state index contributed by atoms with van der Waals surface area (Å²) in [5.41, 5.74) is 6.76. The van der Waals surface area contributed by atoms with Crippen molar-refractivity contribution in [3.8, 4) is 0 Å². The monoisotopic (exact) mass is 693 g/mol. The van der Waals surface area contributed by atoms with E-state index in [0.717, 1.165) is 92.9 Å². The summed E-state index contributed by atoms with van der Waals surface area (Å²) in [5.74, 6) is -0.479. The van der Waals surface area contributed by atoms with Crippen molar-refractivity contribution in [2.75, 3.05) is 46.9 Å². The van der Waals surface area contributed by atoms with Crippen molar-refractivity contribution in [2.45, 2.75) is 63.2 Å². The van der Waals surface area contributed by atoms with Crippen molar-refractivity contribution in [3.05, 3.63) is 135 Å². The van der Waals surface area contributed by atoms with E-state index in [9.17, 15) is 19.7 Å². The number of allylic oxidation sites excluding steroid dienone is 2. The maximum atomic E-state index is 13.1. The average molecular weight is 694 g/mol. The number of hydrogen-bond acceptors (Lipinski definition) is 7. The number of hydrogen-bond donors (Lipinski definition) is 1. The van der Waals surface area contributed by atoms with Crippen molar-refractivity contribution < 1.29 is 19.2 Å². The lowest BCUT2D eigenvalue weighted by atomic mass is 9.68. The van der Waals surface area contributed by atoms with E-state index < -0.39 is 10.8 Å². The minimum Gasteiger partial charge on any atom is -0.385 e. The molecule has 0 bridgehead atoms. The molecule has 2 aliphatic rings. The van der Waals surface area contributed by atoms with E-state index in [1.807, 2.05) is 6.92 Å². The van der Waals surface area contributed by atoms with E-state index in [-0.39, 0.29) is 11.1 Å². The second kappa shape index (κ2) is 17.9. The van der Waals surface area contributed by atoms with Crippen molar-refractivity contribution >= 4 is 18.5 Å². The zero-order valence-electron chi connectivity index (χ0n) is 30.1. The SMILES string of the molecule is CCC1=C(N(C)C=O)C(c2ccc([N+](=O)[O-])cc2)C(N(C=O)CCCN2CCC(c3ccccc3)(c3ccccc3)CC2)=C(CCCCOC)N1. The highest BCUT2D eigenvalue weighted by molar-refractivity contribution is 5.61. The Bertz CT molecular complexity index is 1630. The van der Waals surface area contributed by atoms with Gasteiger partial charge in [0, 0.05) is 56.3 Å². The maximum absolute atomic E-state index is 13.1. The van der Waals surface area contributed by atoms with Crippen LogP contribution in [0.5, 0.6) is 0 Å². The number of benzene rings is 3. The summed E-state index contributed by atoms with van der Waals surface area (Å²) in [7, 11) is 3.40. The lowest BCUT2D eigenvalue weighted by molar-refractivity contribution is -0.384. The molecule has 1 atom stereocenters. The molecule has 2 amide bonds. The number of nitrogens with one attached hydrogen (secondary N) is 1. The Morgan fingerprint density at radius 2 is 1.51 bits per heavy atom. The quantitative estimate of drug-likeness (QED) is 0.0665. The Morgan fingerprint density at radius 3 is 2.04 bits per heavy atom. The van der Waals surface area contributed by atoms with Crippen LogP contribution in [0, 0.1) is 10.1 Å². The van der Waals surface area contributed by atoms with Crippen LogP contribution in [0.15, 0.2) is 108 Å². The third-order valence-corrected chi connectivity index (χ3v) is 10.5. The van der Waals surface area contributed by atoms with E-state index in [1.165, 1.54) is 23.3 Å². The molecule has 3 aromatic carbocycles. The molecule has 2 aliphatic heterocycles. The molecule has 270 valence electrons. The van der Waals surface area contributed by atoms with E-state index in [1.54, 1.807) is 36.1 Å². The number of amides is 2. The second-order valence-corrected chi connectivity index (χ2v) is 13.5. The molecule has 51 heavy (non-hydrogen) atoms. The smallest absolute Gasteiger partial charge is 0.269 e. The third kappa shape index (κ3) is 8.57. The highest BCUT2D eigenvalue weighted by atomic mass is 16.6. The topological polar surface area (TPSA) is 108 Å². The molecule has 0 saturated carbocycles. The molecule has 1 unspecified atom stereocenters. The number of methoxy groups -OCH3 is 1. The number of nitro groups is 1. The molecule has 10 nitrogen and oxygen atoms in total. The molecule has 1 fully saturated rings. The molecule has 0 aromatic heterocycles. The third-order valence-electron chi connectivity index (χ3n) is 10.5. The number of likely N-dealkylation sites (tertiary alicyclic amines) is 1. The van der Waals surface area contributed by atoms with Crippen LogP contribution in [-0.2, 0) is 19.7 Å². The van der Waals surface area contributed by atoms with Gasteiger partial charge in [-0.05, 0) is 81.3 Å². The van der Waals surface area contributed by atoms with E-state index >= 15 is 0 Å². The van der Waals surface area contributed by atoms with Gasteiger partial charge in [-0.2, -0.15) is 0 Å². The minimum atomic E-state index is -0.479. The Balaban J connectivity index is 1.40. The molecule has 0 spiro atoms. The number of carbonyl (C=O) groups is 2. The number of non-ortho nitro benzene ring substituents is 1. The number of carbonyl (C=O) groups excluding carboxylic acids is 2. The van der Waals surface area contributed by atoms with E-state index in [2.05, 4.69) is 70.9 Å². The number of unbranched alkanes of at least 4 members (excludes halogenated alkanes) is 1. The summed E-state index contributed by atoms with van der Waals surface area (Å²) >= 11 is 0. The molecular formula is C41H51N5O5. The number of ether oxygens (including phenoxy) is 1. The number of dihydropyridines is 1. The zero-order valence-corrected chi connectivity index (χ0v) is 30.1. The Kier molecular flexibility index (Phi) is 13.2. The van der Waals surface area contributed by atoms with Crippen LogP contribution >= 0.6 is 0 Å². The van der Waals surface area contributed by atoms with Crippen molar-refractivity contribution in [3.63, 3.8) is 0 Å². The largest absolute Gasteiger partial charge is 0.385 e. The summed E-state index contributed by atoms with van der Waals surface area (Å²) in [6.45, 7) is 5.89. The first-order valence-corrected chi connectivity index (χ1v) is 18.1. The molecule has 3 aromatic rings. The highest BCUT2D eigenvalue weighted by Gasteiger charge is 2.38. The summed E-state index contributed by atoms with van der Waals surface area (Å²) in [5, 5.41) is 15.1. The Labute approximate surface area is 301 Å². The van der Waals surface area contributed by atoms with Crippen molar-refractivity contribution in [1.29, 1.82) is 0 Å². The lowest BCUT2D eigenvalue weighted by Gasteiger charge is -2.43. The van der Waals surface area contributed by atoms with Gasteiger partial charge in [-0.1, -0.05) is 79.7 Å². The zero-order chi connectivity index (χ0) is 36.2. The van der Waals surface area contributed by atoms with Crippen LogP contribution in [0.2, 0.25) is 0 Å². The average Bonchev–Trinajstić information content (AvgIpc) is 3.18. The van der Waals surface area contributed by atoms with Crippen molar-refractivity contribution in [2.24, 2.45) is 0 Å². The van der Waals surface area contributed by atoms with Gasteiger partial charge in [0.1, 0.15) is 0 Å². The number of rotatable bonds is 18. The summed E-state index contributed by atoms with van der Waals surface area (Å²) in [4.78, 5) is 42.3. The number of piperidine rings is 1. The summed E-state index contributed by atoms with van der Waals surface area (Å²) in [6, 6.07) is 28.1. The van der Waals surface area contributed by atoms with Gasteiger partial charge in [0.25, 0.3) is 5.69 Å². The van der Waals surface area contributed by atoms with E-state index in [4.69, 9.17) is 4.74 Å². The minimum absolute atomic E-state index is 0.0136. The first-order valence-electron chi connectivity index (χ1n) is 18.1. The molecule has 1 N–H and O–H groups in total. The number of nitro benzene ring substituents is 1. The Morgan fingerprint density at radius 1 is 0.882 bits per heavy atom. The van der Waals surface area contributed by atoms with Gasteiger partial charge in [0.05, 0.1) is 22.2 Å². The maximum Gasteiger partial charge on any atom is 0.269 e. The number of nitrogens with zero attached hydrogens (tertiary/aromatic N) is 4.